The summed E-state index contributed by atoms with van der Waals surface area (Å²) in [5.74, 6) is 0.910. The molecule has 1 amide bonds. The first-order valence-corrected chi connectivity index (χ1v) is 16.5. The summed E-state index contributed by atoms with van der Waals surface area (Å²) >= 11 is 6.42. The summed E-state index contributed by atoms with van der Waals surface area (Å²) in [6.45, 7) is 13.2. The van der Waals surface area contributed by atoms with Crippen molar-refractivity contribution in [3.8, 4) is 5.75 Å². The second-order valence-electron chi connectivity index (χ2n) is 12.5. The summed E-state index contributed by atoms with van der Waals surface area (Å²) in [5, 5.41) is 4.26. The number of carbonyl (C=O) groups excluding carboxylic acids is 1. The molecule has 0 saturated carbocycles. The van der Waals surface area contributed by atoms with E-state index in [1.165, 1.54) is 36.4 Å². The third kappa shape index (κ3) is 9.31. The maximum Gasteiger partial charge on any atom is 0.293 e. The Labute approximate surface area is 271 Å². The fourth-order valence-corrected chi connectivity index (χ4v) is 5.73. The van der Waals surface area contributed by atoms with Gasteiger partial charge in [-0.05, 0) is 43.5 Å². The number of nitrogens with one attached hydrogen (secondary N) is 1. The van der Waals surface area contributed by atoms with Gasteiger partial charge in [0.2, 0.25) is 5.95 Å². The van der Waals surface area contributed by atoms with Crippen LogP contribution in [-0.2, 0) is 11.8 Å². The molecular formula is C34H50ClFN6O3. The number of benzene rings is 1. The molecule has 3 aromatic rings. The number of rotatable bonds is 12. The van der Waals surface area contributed by atoms with Gasteiger partial charge in [-0.3, -0.25) is 9.59 Å². The van der Waals surface area contributed by atoms with Crippen LogP contribution in [0, 0.1) is 17.8 Å². The Balaban J connectivity index is 0.000000610. The van der Waals surface area contributed by atoms with E-state index in [4.69, 9.17) is 22.1 Å². The Kier molecular flexibility index (Phi) is 13.0. The fraction of sp³-hybridized carbons (Fsp3) is 0.588. The smallest absolute Gasteiger partial charge is 0.293 e. The molecule has 4 atom stereocenters. The van der Waals surface area contributed by atoms with Gasteiger partial charge < -0.3 is 25.3 Å². The minimum Gasteiger partial charge on any atom is -0.478 e. The number of anilines is 3. The highest BCUT2D eigenvalue weighted by Gasteiger charge is 2.45. The minimum absolute atomic E-state index is 0.0222. The molecule has 0 spiro atoms. The maximum atomic E-state index is 15.4. The largest absolute Gasteiger partial charge is 0.478 e. The summed E-state index contributed by atoms with van der Waals surface area (Å²) in [6.07, 6.45) is 8.76. The molecule has 1 fully saturated rings. The Bertz CT molecular complexity index is 1500. The summed E-state index contributed by atoms with van der Waals surface area (Å²) in [4.78, 5) is 34.7. The molecule has 4 unspecified atom stereocenters. The summed E-state index contributed by atoms with van der Waals surface area (Å²) in [6, 6.07) is 6.98. The number of aryl methyl sites for hydroxylation is 1. The van der Waals surface area contributed by atoms with Gasteiger partial charge in [-0.15, -0.1) is 0 Å². The number of primary amides is 1. The molecule has 11 heteroatoms. The van der Waals surface area contributed by atoms with Crippen LogP contribution in [-0.4, -0.2) is 45.8 Å². The zero-order valence-electron chi connectivity index (χ0n) is 27.8. The second-order valence-corrected chi connectivity index (χ2v) is 12.9. The lowest BCUT2D eigenvalue weighted by atomic mass is 9.75. The van der Waals surface area contributed by atoms with Gasteiger partial charge in [0.15, 0.2) is 18.2 Å². The van der Waals surface area contributed by atoms with E-state index in [-0.39, 0.29) is 23.1 Å². The molecule has 4 rings (SSSR count). The van der Waals surface area contributed by atoms with Crippen molar-refractivity contribution in [1.82, 2.24) is 14.5 Å². The molecule has 0 bridgehead atoms. The number of carbonyl (C=O) groups is 1. The molecule has 1 aliphatic rings. The standard InChI is InChI=1S/C26H32ClFN6O3.C8H18/c1-5-6-17-13-34(12-15(2)26(17,3)28)25-30-11-19(27)23(32-25)31-18-7-8-20-16(9-18)10-21(24(36)33(20)4)37-14-22(29)35;1-4-6-7-8(3)5-2/h7-11,15,17H,5-6,12-14H2,1-4H3,(H2,29,35)(H,30,31,32);8H,4-7H2,1-3H3. The van der Waals surface area contributed by atoms with E-state index in [2.05, 4.69) is 43.0 Å². The lowest BCUT2D eigenvalue weighted by Crippen LogP contribution is -2.53. The van der Waals surface area contributed by atoms with Crippen LogP contribution < -0.4 is 26.2 Å². The van der Waals surface area contributed by atoms with E-state index in [1.54, 1.807) is 32.2 Å². The number of pyridine rings is 1. The second kappa shape index (κ2) is 16.2. The van der Waals surface area contributed by atoms with E-state index in [0.29, 0.717) is 46.5 Å². The number of alkyl halides is 1. The van der Waals surface area contributed by atoms with Gasteiger partial charge in [0.1, 0.15) is 10.7 Å². The van der Waals surface area contributed by atoms with Gasteiger partial charge in [-0.2, -0.15) is 4.98 Å². The van der Waals surface area contributed by atoms with E-state index in [9.17, 15) is 9.59 Å². The quantitative estimate of drug-likeness (QED) is 0.211. The molecule has 2 aromatic heterocycles. The van der Waals surface area contributed by atoms with Gasteiger partial charge >= 0.3 is 0 Å². The van der Waals surface area contributed by atoms with Crippen molar-refractivity contribution in [2.45, 2.75) is 85.7 Å². The zero-order valence-corrected chi connectivity index (χ0v) is 28.6. The summed E-state index contributed by atoms with van der Waals surface area (Å²) in [7, 11) is 1.62. The molecule has 9 nitrogen and oxygen atoms in total. The number of ether oxygens (including phenoxy) is 1. The number of hydrogen-bond acceptors (Lipinski definition) is 7. The predicted octanol–water partition coefficient (Wildman–Crippen LogP) is 7.41. The van der Waals surface area contributed by atoms with Crippen molar-refractivity contribution in [3.63, 3.8) is 0 Å². The molecule has 0 radical (unpaired) electrons. The molecule has 3 heterocycles. The first-order valence-electron chi connectivity index (χ1n) is 16.1. The average Bonchev–Trinajstić information content (AvgIpc) is 3.00. The van der Waals surface area contributed by atoms with E-state index < -0.39 is 18.2 Å². The van der Waals surface area contributed by atoms with E-state index in [1.807, 2.05) is 17.9 Å². The molecule has 1 aliphatic heterocycles. The Morgan fingerprint density at radius 3 is 2.62 bits per heavy atom. The number of amides is 1. The number of fused-ring (bicyclic) bond motifs is 1. The Morgan fingerprint density at radius 1 is 1.24 bits per heavy atom. The van der Waals surface area contributed by atoms with Crippen molar-refractivity contribution >= 4 is 45.9 Å². The molecule has 248 valence electrons. The van der Waals surface area contributed by atoms with Crippen molar-refractivity contribution < 1.29 is 13.9 Å². The number of hydrogen-bond donors (Lipinski definition) is 2. The van der Waals surface area contributed by atoms with Crippen molar-refractivity contribution in [2.24, 2.45) is 30.5 Å². The van der Waals surface area contributed by atoms with Crippen LogP contribution in [0.5, 0.6) is 5.75 Å². The van der Waals surface area contributed by atoms with Crippen LogP contribution in [0.4, 0.5) is 21.8 Å². The summed E-state index contributed by atoms with van der Waals surface area (Å²) < 4.78 is 22.1. The van der Waals surface area contributed by atoms with Gasteiger partial charge in [0, 0.05) is 43.0 Å². The van der Waals surface area contributed by atoms with Gasteiger partial charge in [0.05, 0.1) is 11.7 Å². The van der Waals surface area contributed by atoms with Crippen LogP contribution in [0.15, 0.2) is 35.3 Å². The topological polar surface area (TPSA) is 115 Å². The average molecular weight is 645 g/mol. The van der Waals surface area contributed by atoms with E-state index in [0.717, 1.165) is 18.8 Å². The van der Waals surface area contributed by atoms with Crippen LogP contribution in [0.1, 0.15) is 80.1 Å². The van der Waals surface area contributed by atoms with Crippen molar-refractivity contribution in [2.75, 3.05) is 29.9 Å². The first kappa shape index (κ1) is 36.1. The highest BCUT2D eigenvalue weighted by Crippen LogP contribution is 2.40. The number of piperidine rings is 1. The van der Waals surface area contributed by atoms with Gasteiger partial charge in [-0.1, -0.05) is 78.3 Å². The molecule has 1 aromatic carbocycles. The van der Waals surface area contributed by atoms with Crippen molar-refractivity contribution in [1.29, 1.82) is 0 Å². The Hall–Kier alpha value is -3.40. The first-order chi connectivity index (χ1) is 21.3. The lowest BCUT2D eigenvalue weighted by molar-refractivity contribution is -0.119. The maximum absolute atomic E-state index is 15.4. The zero-order chi connectivity index (χ0) is 33.3. The van der Waals surface area contributed by atoms with E-state index >= 15 is 4.39 Å². The fourth-order valence-electron chi connectivity index (χ4n) is 5.59. The highest BCUT2D eigenvalue weighted by molar-refractivity contribution is 6.32. The van der Waals surface area contributed by atoms with Crippen LogP contribution >= 0.6 is 11.6 Å². The van der Waals surface area contributed by atoms with Crippen LogP contribution in [0.2, 0.25) is 5.02 Å². The lowest BCUT2D eigenvalue weighted by Gasteiger charge is -2.45. The normalized spacial score (nSPS) is 20.3. The third-order valence-corrected chi connectivity index (χ3v) is 9.20. The number of halogens is 2. The monoisotopic (exact) mass is 644 g/mol. The third-order valence-electron chi connectivity index (χ3n) is 8.92. The van der Waals surface area contributed by atoms with Crippen LogP contribution in [0.25, 0.3) is 10.9 Å². The molecule has 1 saturated heterocycles. The Morgan fingerprint density at radius 2 is 1.98 bits per heavy atom. The number of unbranched alkanes of at least 4 members (excludes halogenated alkanes) is 1. The molecular weight excluding hydrogens is 595 g/mol. The predicted molar refractivity (Wildman–Crippen MR) is 182 cm³/mol. The molecule has 0 aliphatic carbocycles. The minimum atomic E-state index is -1.24. The SMILES string of the molecule is CCCC1CN(c2ncc(Cl)c(Nc3ccc4c(c3)cc(OCC(N)=O)c(=O)n4C)n2)CC(C)C1(C)F.CCCCC(C)CC. The van der Waals surface area contributed by atoms with Crippen molar-refractivity contribution in [3.05, 3.63) is 45.8 Å². The number of nitrogens with two attached hydrogens (primary N) is 1. The van der Waals surface area contributed by atoms with Crippen LogP contribution in [0.3, 0.4) is 0 Å². The van der Waals surface area contributed by atoms with Gasteiger partial charge in [0.25, 0.3) is 11.5 Å². The molecule has 45 heavy (non-hydrogen) atoms. The molecule has 3 N–H and O–H groups in total. The number of nitrogens with zero attached hydrogens (tertiary/aromatic N) is 4. The van der Waals surface area contributed by atoms with Gasteiger partial charge in [-0.25, -0.2) is 9.37 Å². The number of aromatic nitrogens is 3. The highest BCUT2D eigenvalue weighted by atomic mass is 35.5. The summed E-state index contributed by atoms with van der Waals surface area (Å²) in [5.41, 5.74) is 4.87.